The van der Waals surface area contributed by atoms with Gasteiger partial charge in [0.25, 0.3) is 0 Å². The number of benzene rings is 2. The van der Waals surface area contributed by atoms with E-state index >= 15 is 0 Å². The Balaban J connectivity index is 1.36. The molecule has 30 heavy (non-hydrogen) atoms. The van der Waals surface area contributed by atoms with Crippen LogP contribution in [0.2, 0.25) is 0 Å². The van der Waals surface area contributed by atoms with Crippen molar-refractivity contribution in [3.63, 3.8) is 0 Å². The topological polar surface area (TPSA) is 44.8 Å². The molecule has 160 valence electrons. The van der Waals surface area contributed by atoms with Crippen LogP contribution < -0.4 is 5.32 Å². The summed E-state index contributed by atoms with van der Waals surface area (Å²) < 4.78 is 5.62. The zero-order valence-corrected chi connectivity index (χ0v) is 17.9. The van der Waals surface area contributed by atoms with E-state index in [4.69, 9.17) is 4.74 Å². The largest absolute Gasteiger partial charge is 0.376 e. The number of nitrogens with zero attached hydrogens (tertiary/aromatic N) is 2. The normalized spacial score (nSPS) is 21.6. The minimum Gasteiger partial charge on any atom is -0.376 e. The van der Waals surface area contributed by atoms with Gasteiger partial charge in [-0.1, -0.05) is 60.7 Å². The monoisotopic (exact) mass is 407 g/mol. The molecule has 2 aliphatic rings. The first-order valence-corrected chi connectivity index (χ1v) is 11.2. The molecule has 0 spiro atoms. The molecule has 1 amide bonds. The van der Waals surface area contributed by atoms with Crippen LogP contribution >= 0.6 is 0 Å². The van der Waals surface area contributed by atoms with Gasteiger partial charge in [-0.2, -0.15) is 0 Å². The van der Waals surface area contributed by atoms with Crippen LogP contribution in [0.3, 0.4) is 0 Å². The molecule has 0 radical (unpaired) electrons. The molecule has 0 saturated carbocycles. The molecule has 2 aromatic rings. The summed E-state index contributed by atoms with van der Waals surface area (Å²) in [7, 11) is 0. The van der Waals surface area contributed by atoms with Crippen molar-refractivity contribution in [1.82, 2.24) is 15.1 Å². The smallest absolute Gasteiger partial charge is 0.237 e. The van der Waals surface area contributed by atoms with Crippen molar-refractivity contribution >= 4 is 5.91 Å². The molecular formula is C25H33N3O2. The van der Waals surface area contributed by atoms with Crippen LogP contribution in [-0.2, 0) is 9.53 Å². The van der Waals surface area contributed by atoms with Crippen LogP contribution in [0.4, 0.5) is 0 Å². The Labute approximate surface area is 180 Å². The molecule has 2 fully saturated rings. The fourth-order valence-electron chi connectivity index (χ4n) is 4.60. The van der Waals surface area contributed by atoms with E-state index in [2.05, 4.69) is 75.8 Å². The Bertz CT molecular complexity index is 745. The van der Waals surface area contributed by atoms with Crippen LogP contribution in [0.1, 0.15) is 36.9 Å². The molecule has 0 aliphatic carbocycles. The van der Waals surface area contributed by atoms with Crippen molar-refractivity contribution in [1.29, 1.82) is 0 Å². The average molecular weight is 408 g/mol. The van der Waals surface area contributed by atoms with Crippen molar-refractivity contribution in [3.8, 4) is 0 Å². The van der Waals surface area contributed by atoms with E-state index in [1.165, 1.54) is 11.1 Å². The molecule has 2 saturated heterocycles. The molecule has 2 aliphatic heterocycles. The maximum Gasteiger partial charge on any atom is 0.237 e. The third-order valence-corrected chi connectivity index (χ3v) is 6.40. The number of carbonyl (C=O) groups excluding carboxylic acids is 1. The van der Waals surface area contributed by atoms with Gasteiger partial charge in [0.2, 0.25) is 5.91 Å². The first-order chi connectivity index (χ1) is 14.7. The number of amides is 1. The van der Waals surface area contributed by atoms with Crippen LogP contribution in [0.25, 0.3) is 0 Å². The average Bonchev–Trinajstić information content (AvgIpc) is 3.33. The number of hydrogen-bond acceptors (Lipinski definition) is 4. The number of hydrogen-bond donors (Lipinski definition) is 1. The Hall–Kier alpha value is -2.21. The number of carbonyl (C=O) groups is 1. The summed E-state index contributed by atoms with van der Waals surface area (Å²) in [5.41, 5.74) is 2.64. The summed E-state index contributed by atoms with van der Waals surface area (Å²) >= 11 is 0. The van der Waals surface area contributed by atoms with Crippen LogP contribution in [0.5, 0.6) is 0 Å². The first-order valence-electron chi connectivity index (χ1n) is 11.2. The Morgan fingerprint density at radius 2 is 1.53 bits per heavy atom. The van der Waals surface area contributed by atoms with Gasteiger partial charge in [0.1, 0.15) is 0 Å². The lowest BCUT2D eigenvalue weighted by Crippen LogP contribution is -2.55. The lowest BCUT2D eigenvalue weighted by molar-refractivity contribution is -0.127. The van der Waals surface area contributed by atoms with Gasteiger partial charge < -0.3 is 10.1 Å². The maximum absolute atomic E-state index is 12.6. The number of ether oxygens (including phenoxy) is 1. The Morgan fingerprint density at radius 3 is 2.07 bits per heavy atom. The minimum absolute atomic E-state index is 0.111. The molecule has 0 unspecified atom stereocenters. The summed E-state index contributed by atoms with van der Waals surface area (Å²) in [6.45, 7) is 7.15. The van der Waals surface area contributed by atoms with E-state index in [0.29, 0.717) is 6.54 Å². The van der Waals surface area contributed by atoms with Gasteiger partial charge in [0.05, 0.1) is 18.2 Å². The molecule has 1 N–H and O–H groups in total. The summed E-state index contributed by atoms with van der Waals surface area (Å²) in [6, 6.07) is 21.6. The summed E-state index contributed by atoms with van der Waals surface area (Å²) in [5, 5.41) is 3.09. The second-order valence-corrected chi connectivity index (χ2v) is 8.35. The molecule has 2 atom stereocenters. The number of piperazine rings is 1. The molecule has 5 nitrogen and oxygen atoms in total. The highest BCUT2D eigenvalue weighted by atomic mass is 16.5. The maximum atomic E-state index is 12.6. The van der Waals surface area contributed by atoms with Gasteiger partial charge in [0, 0.05) is 39.3 Å². The van der Waals surface area contributed by atoms with Crippen molar-refractivity contribution in [2.45, 2.75) is 38.0 Å². The SMILES string of the molecule is C[C@H](C(=O)NC[C@H]1CCCO1)N1CCN(C(c2ccccc2)c2ccccc2)CC1. The summed E-state index contributed by atoms with van der Waals surface area (Å²) in [4.78, 5) is 17.5. The zero-order chi connectivity index (χ0) is 20.8. The molecule has 0 aromatic heterocycles. The highest BCUT2D eigenvalue weighted by molar-refractivity contribution is 5.81. The van der Waals surface area contributed by atoms with Crippen LogP contribution in [-0.4, -0.2) is 67.2 Å². The molecule has 5 heteroatoms. The van der Waals surface area contributed by atoms with E-state index in [1.54, 1.807) is 0 Å². The molecule has 4 rings (SSSR count). The summed E-state index contributed by atoms with van der Waals surface area (Å²) in [6.07, 6.45) is 2.34. The highest BCUT2D eigenvalue weighted by Crippen LogP contribution is 2.29. The van der Waals surface area contributed by atoms with E-state index in [1.807, 2.05) is 6.92 Å². The third-order valence-electron chi connectivity index (χ3n) is 6.40. The summed E-state index contributed by atoms with van der Waals surface area (Å²) in [5.74, 6) is 0.113. The molecular weight excluding hydrogens is 374 g/mol. The standard InChI is InChI=1S/C25H33N3O2/c1-20(25(29)26-19-23-13-8-18-30-23)27-14-16-28(17-15-27)24(21-9-4-2-5-10-21)22-11-6-3-7-12-22/h2-7,9-12,20,23-24H,8,13-19H2,1H3,(H,26,29)/t20-,23-/m1/s1. The number of nitrogens with one attached hydrogen (secondary N) is 1. The van der Waals surface area contributed by atoms with Gasteiger partial charge in [0.15, 0.2) is 0 Å². The molecule has 2 aromatic carbocycles. The van der Waals surface area contributed by atoms with Crippen LogP contribution in [0.15, 0.2) is 60.7 Å². The second kappa shape index (κ2) is 10.2. The molecule has 2 heterocycles. The third kappa shape index (κ3) is 5.09. The van der Waals surface area contributed by atoms with Crippen molar-refractivity contribution in [2.24, 2.45) is 0 Å². The zero-order valence-electron chi connectivity index (χ0n) is 17.9. The van der Waals surface area contributed by atoms with E-state index in [-0.39, 0.29) is 24.1 Å². The quantitative estimate of drug-likeness (QED) is 0.766. The first kappa shape index (κ1) is 21.0. The Morgan fingerprint density at radius 1 is 0.967 bits per heavy atom. The fraction of sp³-hybridized carbons (Fsp3) is 0.480. The van der Waals surface area contributed by atoms with Crippen LogP contribution in [0, 0.1) is 0 Å². The second-order valence-electron chi connectivity index (χ2n) is 8.35. The fourth-order valence-corrected chi connectivity index (χ4v) is 4.60. The molecule has 0 bridgehead atoms. The minimum atomic E-state index is -0.111. The Kier molecular flexibility index (Phi) is 7.16. The van der Waals surface area contributed by atoms with Crippen molar-refractivity contribution in [3.05, 3.63) is 71.8 Å². The lowest BCUT2D eigenvalue weighted by Gasteiger charge is -2.41. The predicted octanol–water partition coefficient (Wildman–Crippen LogP) is 3.08. The van der Waals surface area contributed by atoms with E-state index in [0.717, 1.165) is 45.6 Å². The predicted molar refractivity (Wildman–Crippen MR) is 119 cm³/mol. The van der Waals surface area contributed by atoms with Gasteiger partial charge >= 0.3 is 0 Å². The van der Waals surface area contributed by atoms with Gasteiger partial charge in [-0.3, -0.25) is 14.6 Å². The van der Waals surface area contributed by atoms with Gasteiger partial charge in [-0.05, 0) is 30.9 Å². The van der Waals surface area contributed by atoms with Gasteiger partial charge in [-0.15, -0.1) is 0 Å². The van der Waals surface area contributed by atoms with Gasteiger partial charge in [-0.25, -0.2) is 0 Å². The highest BCUT2D eigenvalue weighted by Gasteiger charge is 2.30. The number of rotatable bonds is 7. The van der Waals surface area contributed by atoms with E-state index < -0.39 is 0 Å². The van der Waals surface area contributed by atoms with E-state index in [9.17, 15) is 4.79 Å². The van der Waals surface area contributed by atoms with Crippen molar-refractivity contribution in [2.75, 3.05) is 39.3 Å². The lowest BCUT2D eigenvalue weighted by atomic mass is 9.96. The van der Waals surface area contributed by atoms with Crippen molar-refractivity contribution < 1.29 is 9.53 Å².